The van der Waals surface area contributed by atoms with Crippen molar-refractivity contribution in [1.82, 2.24) is 9.55 Å². The van der Waals surface area contributed by atoms with E-state index in [0.29, 0.717) is 10.8 Å². The van der Waals surface area contributed by atoms with E-state index in [-0.39, 0.29) is 5.91 Å². The van der Waals surface area contributed by atoms with Crippen LogP contribution in [-0.4, -0.2) is 21.7 Å². The minimum Gasteiger partial charge on any atom is -0.347 e. The van der Waals surface area contributed by atoms with Gasteiger partial charge < -0.3 is 4.57 Å². The van der Waals surface area contributed by atoms with Crippen LogP contribution in [0.2, 0.25) is 0 Å². The number of thioether (sulfide) groups is 1. The summed E-state index contributed by atoms with van der Waals surface area (Å²) in [6.45, 7) is 0. The smallest absolute Gasteiger partial charge is 0.274 e. The van der Waals surface area contributed by atoms with E-state index in [9.17, 15) is 4.79 Å². The van der Waals surface area contributed by atoms with Gasteiger partial charge >= 0.3 is 0 Å². The van der Waals surface area contributed by atoms with Crippen molar-refractivity contribution in [2.24, 2.45) is 7.05 Å². The van der Waals surface area contributed by atoms with Crippen LogP contribution in [0.5, 0.6) is 0 Å². The van der Waals surface area contributed by atoms with Gasteiger partial charge in [-0.15, -0.1) is 23.1 Å². The minimum atomic E-state index is -0.147. The third kappa shape index (κ3) is 3.08. The fourth-order valence-electron chi connectivity index (χ4n) is 2.08. The Hall–Kier alpha value is -2.05. The average Bonchev–Trinajstić information content (AvgIpc) is 3.16. The topological polar surface area (TPSA) is 46.9 Å². The highest BCUT2D eigenvalue weighted by molar-refractivity contribution is 7.98. The maximum atomic E-state index is 12.2. The van der Waals surface area contributed by atoms with Crippen molar-refractivity contribution >= 4 is 34.1 Å². The molecule has 0 saturated carbocycles. The molecule has 0 fully saturated rings. The van der Waals surface area contributed by atoms with E-state index in [0.717, 1.165) is 11.3 Å². The number of hydrogen-bond acceptors (Lipinski definition) is 4. The summed E-state index contributed by atoms with van der Waals surface area (Å²) >= 11 is 3.14. The largest absolute Gasteiger partial charge is 0.347 e. The molecule has 0 spiro atoms. The summed E-state index contributed by atoms with van der Waals surface area (Å²) < 4.78 is 1.78. The Morgan fingerprint density at radius 3 is 2.68 bits per heavy atom. The number of carbonyl (C=O) groups is 1. The first-order valence-electron chi connectivity index (χ1n) is 6.70. The van der Waals surface area contributed by atoms with Gasteiger partial charge in [0.1, 0.15) is 5.69 Å². The Kier molecular flexibility index (Phi) is 4.31. The lowest BCUT2D eigenvalue weighted by molar-refractivity contribution is 0.101. The summed E-state index contributed by atoms with van der Waals surface area (Å²) in [6, 6.07) is 11.9. The Balaban J connectivity index is 1.76. The normalized spacial score (nSPS) is 10.6. The van der Waals surface area contributed by atoms with Crippen LogP contribution in [0.25, 0.3) is 11.3 Å². The lowest BCUT2D eigenvalue weighted by Gasteiger charge is -2.02. The summed E-state index contributed by atoms with van der Waals surface area (Å²) in [5.41, 5.74) is 2.54. The summed E-state index contributed by atoms with van der Waals surface area (Å²) in [6.07, 6.45) is 3.89. The van der Waals surface area contributed by atoms with Crippen molar-refractivity contribution in [2.75, 3.05) is 11.6 Å². The van der Waals surface area contributed by atoms with Crippen molar-refractivity contribution in [2.45, 2.75) is 4.90 Å². The first-order valence-corrected chi connectivity index (χ1v) is 8.80. The summed E-state index contributed by atoms with van der Waals surface area (Å²) in [5.74, 6) is -0.147. The molecule has 2 heterocycles. The number of aryl methyl sites for hydroxylation is 1. The van der Waals surface area contributed by atoms with Gasteiger partial charge in [-0.2, -0.15) is 0 Å². The van der Waals surface area contributed by atoms with Gasteiger partial charge in [0.15, 0.2) is 5.13 Å². The van der Waals surface area contributed by atoms with Gasteiger partial charge in [0.2, 0.25) is 0 Å². The van der Waals surface area contributed by atoms with Crippen LogP contribution in [0.4, 0.5) is 5.13 Å². The molecule has 1 amide bonds. The molecule has 4 nitrogen and oxygen atoms in total. The van der Waals surface area contributed by atoms with Crippen LogP contribution in [0.1, 0.15) is 10.5 Å². The fourth-order valence-corrected chi connectivity index (χ4v) is 3.21. The molecule has 0 aliphatic rings. The number of anilines is 1. The van der Waals surface area contributed by atoms with Gasteiger partial charge in [-0.3, -0.25) is 10.1 Å². The number of rotatable bonds is 4. The Bertz CT molecular complexity index is 790. The van der Waals surface area contributed by atoms with Gasteiger partial charge in [-0.1, -0.05) is 12.1 Å². The van der Waals surface area contributed by atoms with E-state index in [4.69, 9.17) is 0 Å². The van der Waals surface area contributed by atoms with Gasteiger partial charge in [-0.05, 0) is 30.5 Å². The molecule has 0 aliphatic carbocycles. The highest BCUT2D eigenvalue weighted by atomic mass is 32.2. The molecule has 1 aromatic carbocycles. The lowest BCUT2D eigenvalue weighted by Crippen LogP contribution is -2.15. The van der Waals surface area contributed by atoms with Gasteiger partial charge in [0, 0.05) is 29.1 Å². The monoisotopic (exact) mass is 329 g/mol. The molecule has 0 atom stereocenters. The predicted octanol–water partition coefficient (Wildman–Crippen LogP) is 4.12. The molecule has 112 valence electrons. The number of amides is 1. The zero-order chi connectivity index (χ0) is 15.5. The molecule has 0 bridgehead atoms. The van der Waals surface area contributed by atoms with Crippen LogP contribution in [0.15, 0.2) is 52.9 Å². The molecule has 0 radical (unpaired) electrons. The molecule has 0 aliphatic heterocycles. The first-order chi connectivity index (χ1) is 10.7. The van der Waals surface area contributed by atoms with E-state index >= 15 is 0 Å². The second-order valence-corrected chi connectivity index (χ2v) is 6.46. The average molecular weight is 329 g/mol. The highest BCUT2D eigenvalue weighted by Crippen LogP contribution is 2.27. The van der Waals surface area contributed by atoms with E-state index in [2.05, 4.69) is 28.7 Å². The van der Waals surface area contributed by atoms with Gasteiger partial charge in [0.05, 0.1) is 5.69 Å². The number of benzene rings is 1. The molecule has 22 heavy (non-hydrogen) atoms. The van der Waals surface area contributed by atoms with Gasteiger partial charge in [-0.25, -0.2) is 4.98 Å². The number of carbonyl (C=O) groups excluding carboxylic acids is 1. The molecular weight excluding hydrogens is 314 g/mol. The quantitative estimate of drug-likeness (QED) is 0.732. The SMILES string of the molecule is CSc1ccc(-c2csc(NC(=O)c3cccn3C)n2)cc1. The molecule has 0 saturated heterocycles. The standard InChI is InChI=1S/C16H15N3OS2/c1-19-9-3-4-14(19)15(20)18-16-17-13(10-22-16)11-5-7-12(21-2)8-6-11/h3-10H,1-2H3,(H,17,18,20). The first kappa shape index (κ1) is 14.9. The Labute approximate surface area is 137 Å². The predicted molar refractivity (Wildman–Crippen MR) is 92.7 cm³/mol. The van der Waals surface area contributed by atoms with Crippen LogP contribution in [0.3, 0.4) is 0 Å². The molecule has 0 unspecified atom stereocenters. The summed E-state index contributed by atoms with van der Waals surface area (Å²) in [5, 5.41) is 5.40. The highest BCUT2D eigenvalue weighted by Gasteiger charge is 2.12. The Morgan fingerprint density at radius 1 is 1.27 bits per heavy atom. The van der Waals surface area contributed by atoms with Gasteiger partial charge in [0.25, 0.3) is 5.91 Å². The molecule has 2 aromatic heterocycles. The molecule has 6 heteroatoms. The maximum Gasteiger partial charge on any atom is 0.274 e. The van der Waals surface area contributed by atoms with E-state index in [1.807, 2.05) is 36.8 Å². The fraction of sp³-hybridized carbons (Fsp3) is 0.125. The Morgan fingerprint density at radius 2 is 2.05 bits per heavy atom. The lowest BCUT2D eigenvalue weighted by atomic mass is 10.2. The number of nitrogens with one attached hydrogen (secondary N) is 1. The van der Waals surface area contributed by atoms with E-state index < -0.39 is 0 Å². The molecular formula is C16H15N3OS2. The molecule has 3 aromatic rings. The van der Waals surface area contributed by atoms with Crippen molar-refractivity contribution in [1.29, 1.82) is 0 Å². The van der Waals surface area contributed by atoms with Crippen molar-refractivity contribution in [3.63, 3.8) is 0 Å². The molecule has 1 N–H and O–H groups in total. The van der Waals surface area contributed by atoms with Crippen molar-refractivity contribution < 1.29 is 4.79 Å². The summed E-state index contributed by atoms with van der Waals surface area (Å²) in [7, 11) is 1.84. The number of thiazole rings is 1. The minimum absolute atomic E-state index is 0.147. The van der Waals surface area contributed by atoms with E-state index in [1.54, 1.807) is 22.4 Å². The number of hydrogen-bond donors (Lipinski definition) is 1. The number of nitrogens with zero attached hydrogens (tertiary/aromatic N) is 2. The third-order valence-electron chi connectivity index (χ3n) is 3.29. The maximum absolute atomic E-state index is 12.2. The zero-order valence-corrected chi connectivity index (χ0v) is 13.9. The molecule has 3 rings (SSSR count). The third-order valence-corrected chi connectivity index (χ3v) is 4.79. The van der Waals surface area contributed by atoms with E-state index in [1.165, 1.54) is 16.2 Å². The van der Waals surface area contributed by atoms with Crippen LogP contribution in [-0.2, 0) is 7.05 Å². The van der Waals surface area contributed by atoms with Crippen molar-refractivity contribution in [3.05, 3.63) is 53.7 Å². The second-order valence-electron chi connectivity index (χ2n) is 4.72. The van der Waals surface area contributed by atoms with Crippen LogP contribution in [0, 0.1) is 0 Å². The summed E-state index contributed by atoms with van der Waals surface area (Å²) in [4.78, 5) is 17.9. The van der Waals surface area contributed by atoms with Crippen LogP contribution >= 0.6 is 23.1 Å². The zero-order valence-electron chi connectivity index (χ0n) is 12.2. The number of aromatic nitrogens is 2. The van der Waals surface area contributed by atoms with Crippen molar-refractivity contribution in [3.8, 4) is 11.3 Å². The van der Waals surface area contributed by atoms with Crippen LogP contribution < -0.4 is 5.32 Å². The second kappa shape index (κ2) is 6.37.